The van der Waals surface area contributed by atoms with Crippen molar-refractivity contribution in [3.63, 3.8) is 0 Å². The summed E-state index contributed by atoms with van der Waals surface area (Å²) < 4.78 is 5.72. The van der Waals surface area contributed by atoms with Gasteiger partial charge in [0.25, 0.3) is 0 Å². The molecule has 0 radical (unpaired) electrons. The van der Waals surface area contributed by atoms with Crippen molar-refractivity contribution in [2.75, 3.05) is 18.5 Å². The van der Waals surface area contributed by atoms with E-state index in [1.807, 2.05) is 37.3 Å². The van der Waals surface area contributed by atoms with E-state index in [-0.39, 0.29) is 11.8 Å². The average molecular weight is 286 g/mol. The highest BCUT2D eigenvalue weighted by Crippen LogP contribution is 2.18. The van der Waals surface area contributed by atoms with Crippen LogP contribution in [0.15, 0.2) is 48.5 Å². The first kappa shape index (κ1) is 15.0. The molecule has 1 aromatic heterocycles. The Bertz CT molecular complexity index is 587. The van der Waals surface area contributed by atoms with E-state index < -0.39 is 5.97 Å². The molecule has 0 aliphatic heterocycles. The van der Waals surface area contributed by atoms with E-state index in [0.29, 0.717) is 19.0 Å². The minimum Gasteiger partial charge on any atom is -0.477 e. The Labute approximate surface area is 123 Å². The third kappa shape index (κ3) is 4.29. The second kappa shape index (κ2) is 7.40. The van der Waals surface area contributed by atoms with Crippen molar-refractivity contribution >= 4 is 11.8 Å². The van der Waals surface area contributed by atoms with E-state index in [1.54, 1.807) is 12.1 Å². The summed E-state index contributed by atoms with van der Waals surface area (Å²) in [6, 6.07) is 14.8. The lowest BCUT2D eigenvalue weighted by Crippen LogP contribution is -2.17. The maximum Gasteiger partial charge on any atom is 0.354 e. The van der Waals surface area contributed by atoms with E-state index >= 15 is 0 Å². The third-order valence-corrected chi connectivity index (χ3v) is 2.98. The van der Waals surface area contributed by atoms with Crippen LogP contribution in [0.3, 0.4) is 0 Å². The Morgan fingerprint density at radius 3 is 2.67 bits per heavy atom. The molecule has 1 heterocycles. The topological polar surface area (TPSA) is 71.5 Å². The maximum atomic E-state index is 10.9. The maximum absolute atomic E-state index is 10.9. The monoisotopic (exact) mass is 286 g/mol. The molecule has 5 nitrogen and oxygen atoms in total. The summed E-state index contributed by atoms with van der Waals surface area (Å²) in [6.07, 6.45) is -0.105. The molecule has 0 spiro atoms. The molecular formula is C16H18N2O3. The molecule has 5 heteroatoms. The van der Waals surface area contributed by atoms with Crippen LogP contribution in [0.1, 0.15) is 29.1 Å². The second-order valence-electron chi connectivity index (χ2n) is 4.45. The number of rotatable bonds is 7. The molecule has 0 amide bonds. The molecule has 0 aliphatic rings. The summed E-state index contributed by atoms with van der Waals surface area (Å²) in [7, 11) is 0. The van der Waals surface area contributed by atoms with Gasteiger partial charge < -0.3 is 15.2 Å². The second-order valence-corrected chi connectivity index (χ2v) is 4.45. The lowest BCUT2D eigenvalue weighted by atomic mass is 10.1. The van der Waals surface area contributed by atoms with Crippen LogP contribution in [0.4, 0.5) is 5.82 Å². The number of benzene rings is 1. The first-order chi connectivity index (χ1) is 10.2. The number of carboxylic acid groups (broad SMARTS) is 1. The van der Waals surface area contributed by atoms with Gasteiger partial charge >= 0.3 is 5.97 Å². The number of pyridine rings is 1. The van der Waals surface area contributed by atoms with Crippen LogP contribution in [0.25, 0.3) is 0 Å². The van der Waals surface area contributed by atoms with Crippen LogP contribution < -0.4 is 5.32 Å². The van der Waals surface area contributed by atoms with Gasteiger partial charge in [0, 0.05) is 13.2 Å². The summed E-state index contributed by atoms with van der Waals surface area (Å²) in [6.45, 7) is 3.07. The lowest BCUT2D eigenvalue weighted by molar-refractivity contribution is 0.0690. The molecule has 1 aromatic carbocycles. The summed E-state index contributed by atoms with van der Waals surface area (Å²) >= 11 is 0. The van der Waals surface area contributed by atoms with Crippen molar-refractivity contribution in [3.8, 4) is 0 Å². The Morgan fingerprint density at radius 1 is 1.24 bits per heavy atom. The lowest BCUT2D eigenvalue weighted by Gasteiger charge is -2.18. The molecule has 0 saturated carbocycles. The van der Waals surface area contributed by atoms with Gasteiger partial charge in [-0.3, -0.25) is 0 Å². The number of nitrogens with zero attached hydrogens (tertiary/aromatic N) is 1. The Morgan fingerprint density at radius 2 is 2.00 bits per heavy atom. The van der Waals surface area contributed by atoms with E-state index in [9.17, 15) is 4.79 Å². The number of hydrogen-bond acceptors (Lipinski definition) is 4. The molecule has 2 aromatic rings. The fourth-order valence-electron chi connectivity index (χ4n) is 1.99. The molecule has 1 unspecified atom stereocenters. The van der Waals surface area contributed by atoms with Crippen molar-refractivity contribution in [1.82, 2.24) is 4.98 Å². The molecule has 0 aliphatic carbocycles. The van der Waals surface area contributed by atoms with Crippen LogP contribution in [0.5, 0.6) is 0 Å². The van der Waals surface area contributed by atoms with Gasteiger partial charge in [-0.2, -0.15) is 0 Å². The van der Waals surface area contributed by atoms with Crippen LogP contribution in [0.2, 0.25) is 0 Å². The normalized spacial score (nSPS) is 11.9. The highest BCUT2D eigenvalue weighted by molar-refractivity contribution is 5.85. The van der Waals surface area contributed by atoms with Crippen molar-refractivity contribution in [3.05, 3.63) is 59.8 Å². The number of carboxylic acids is 1. The van der Waals surface area contributed by atoms with E-state index in [4.69, 9.17) is 9.84 Å². The van der Waals surface area contributed by atoms with Gasteiger partial charge in [0.05, 0.1) is 6.10 Å². The molecule has 0 saturated heterocycles. The highest BCUT2D eigenvalue weighted by Gasteiger charge is 2.12. The standard InChI is InChI=1S/C16H18N2O3/c1-2-21-14(12-7-4-3-5-8-12)11-17-15-10-6-9-13(18-15)16(19)20/h3-10,14H,2,11H2,1H3,(H,17,18)(H,19,20). The molecule has 2 rings (SSSR count). The molecule has 1 atom stereocenters. The highest BCUT2D eigenvalue weighted by atomic mass is 16.5. The van der Waals surface area contributed by atoms with Gasteiger partial charge in [0.1, 0.15) is 5.82 Å². The minimum atomic E-state index is -1.04. The van der Waals surface area contributed by atoms with E-state index in [0.717, 1.165) is 5.56 Å². The molecule has 110 valence electrons. The van der Waals surface area contributed by atoms with Crippen molar-refractivity contribution in [1.29, 1.82) is 0 Å². The number of ether oxygens (including phenoxy) is 1. The Kier molecular flexibility index (Phi) is 5.29. The number of hydrogen-bond donors (Lipinski definition) is 2. The van der Waals surface area contributed by atoms with E-state index in [1.165, 1.54) is 6.07 Å². The summed E-state index contributed by atoms with van der Waals surface area (Å²) in [5, 5.41) is 12.1. The smallest absolute Gasteiger partial charge is 0.354 e. The van der Waals surface area contributed by atoms with Gasteiger partial charge in [-0.05, 0) is 24.6 Å². The number of nitrogens with one attached hydrogen (secondary N) is 1. The van der Waals surface area contributed by atoms with Gasteiger partial charge in [-0.1, -0.05) is 36.4 Å². The average Bonchev–Trinajstić information content (AvgIpc) is 2.52. The fourth-order valence-corrected chi connectivity index (χ4v) is 1.99. The van der Waals surface area contributed by atoms with Gasteiger partial charge in [0.2, 0.25) is 0 Å². The number of carbonyl (C=O) groups is 1. The van der Waals surface area contributed by atoms with Crippen LogP contribution in [-0.4, -0.2) is 29.2 Å². The molecule has 2 N–H and O–H groups in total. The first-order valence-corrected chi connectivity index (χ1v) is 6.81. The SMILES string of the molecule is CCOC(CNc1cccc(C(=O)O)n1)c1ccccc1. The third-order valence-electron chi connectivity index (χ3n) is 2.98. The zero-order valence-corrected chi connectivity index (χ0v) is 11.8. The predicted molar refractivity (Wildman–Crippen MR) is 80.5 cm³/mol. The van der Waals surface area contributed by atoms with Crippen molar-refractivity contribution < 1.29 is 14.6 Å². The van der Waals surface area contributed by atoms with Crippen LogP contribution in [-0.2, 0) is 4.74 Å². The van der Waals surface area contributed by atoms with Gasteiger partial charge in [-0.15, -0.1) is 0 Å². The molecule has 21 heavy (non-hydrogen) atoms. The van der Waals surface area contributed by atoms with Gasteiger partial charge in [0.15, 0.2) is 5.69 Å². The number of aromatic carboxylic acids is 1. The van der Waals surface area contributed by atoms with Crippen LogP contribution >= 0.6 is 0 Å². The molecule has 0 fully saturated rings. The zero-order valence-electron chi connectivity index (χ0n) is 11.8. The zero-order chi connectivity index (χ0) is 15.1. The Hall–Kier alpha value is -2.40. The largest absolute Gasteiger partial charge is 0.477 e. The first-order valence-electron chi connectivity index (χ1n) is 6.81. The van der Waals surface area contributed by atoms with Crippen LogP contribution in [0, 0.1) is 0 Å². The van der Waals surface area contributed by atoms with E-state index in [2.05, 4.69) is 10.3 Å². The van der Waals surface area contributed by atoms with Crippen molar-refractivity contribution in [2.45, 2.75) is 13.0 Å². The minimum absolute atomic E-state index is 0.0210. The predicted octanol–water partition coefficient (Wildman–Crippen LogP) is 2.97. The molecule has 0 bridgehead atoms. The van der Waals surface area contributed by atoms with Gasteiger partial charge in [-0.25, -0.2) is 9.78 Å². The summed E-state index contributed by atoms with van der Waals surface area (Å²) in [5.41, 5.74) is 1.09. The summed E-state index contributed by atoms with van der Waals surface area (Å²) in [4.78, 5) is 14.9. The fraction of sp³-hybridized carbons (Fsp3) is 0.250. The number of aromatic nitrogens is 1. The molecular weight excluding hydrogens is 268 g/mol. The number of anilines is 1. The Balaban J connectivity index is 2.05. The van der Waals surface area contributed by atoms with Crippen molar-refractivity contribution in [2.24, 2.45) is 0 Å². The summed E-state index contributed by atoms with van der Waals surface area (Å²) in [5.74, 6) is -0.515. The quantitative estimate of drug-likeness (QED) is 0.818.